The lowest BCUT2D eigenvalue weighted by Gasteiger charge is -2.02. The molecule has 0 aliphatic heterocycles. The highest BCUT2D eigenvalue weighted by atomic mass is 35.5. The molecule has 0 aliphatic carbocycles. The third kappa shape index (κ3) is 2.34. The molecule has 2 rings (SSSR count). The van der Waals surface area contributed by atoms with Crippen LogP contribution in [0.3, 0.4) is 0 Å². The number of hydrogen-bond donors (Lipinski definition) is 0. The number of hydrogen-bond acceptors (Lipinski definition) is 0. The SMILES string of the molecule is Fc1cc(F)cc(-c2cc[c]c(Cl)c2)c1. The van der Waals surface area contributed by atoms with Gasteiger partial charge in [-0.15, -0.1) is 0 Å². The second kappa shape index (κ2) is 3.99. The molecule has 2 aromatic rings. The van der Waals surface area contributed by atoms with Crippen molar-refractivity contribution in [2.75, 3.05) is 0 Å². The molecule has 0 bridgehead atoms. The van der Waals surface area contributed by atoms with E-state index in [0.717, 1.165) is 6.07 Å². The first-order chi connectivity index (χ1) is 7.15. The molecule has 0 amide bonds. The quantitative estimate of drug-likeness (QED) is 0.683. The van der Waals surface area contributed by atoms with Gasteiger partial charge in [-0.3, -0.25) is 0 Å². The molecule has 15 heavy (non-hydrogen) atoms. The van der Waals surface area contributed by atoms with Gasteiger partial charge in [-0.2, -0.15) is 0 Å². The summed E-state index contributed by atoms with van der Waals surface area (Å²) in [4.78, 5) is 0. The van der Waals surface area contributed by atoms with Crippen LogP contribution in [0.5, 0.6) is 0 Å². The third-order valence-electron chi connectivity index (χ3n) is 1.96. The molecule has 0 atom stereocenters. The first-order valence-corrected chi connectivity index (χ1v) is 4.66. The van der Waals surface area contributed by atoms with Gasteiger partial charge < -0.3 is 0 Å². The van der Waals surface area contributed by atoms with Crippen LogP contribution >= 0.6 is 11.6 Å². The molecule has 3 heteroatoms. The zero-order chi connectivity index (χ0) is 10.8. The van der Waals surface area contributed by atoms with Gasteiger partial charge in [0, 0.05) is 17.2 Å². The highest BCUT2D eigenvalue weighted by molar-refractivity contribution is 6.30. The average Bonchev–Trinajstić information content (AvgIpc) is 2.16. The standard InChI is InChI=1S/C12H6ClF2/c13-10-3-1-2-8(4-10)9-5-11(14)7-12(15)6-9/h1-2,4-7H. The summed E-state index contributed by atoms with van der Waals surface area (Å²) in [5.41, 5.74) is 1.13. The van der Waals surface area contributed by atoms with E-state index in [0.29, 0.717) is 16.1 Å². The Morgan fingerprint density at radius 1 is 0.933 bits per heavy atom. The second-order valence-corrected chi connectivity index (χ2v) is 3.49. The minimum atomic E-state index is -0.603. The monoisotopic (exact) mass is 223 g/mol. The Balaban J connectivity index is 2.54. The Morgan fingerprint density at radius 2 is 1.60 bits per heavy atom. The normalized spacial score (nSPS) is 10.3. The molecule has 0 saturated carbocycles. The Morgan fingerprint density at radius 3 is 2.20 bits per heavy atom. The zero-order valence-corrected chi connectivity index (χ0v) is 8.35. The maximum absolute atomic E-state index is 12.9. The molecular weight excluding hydrogens is 218 g/mol. The van der Waals surface area contributed by atoms with E-state index in [-0.39, 0.29) is 0 Å². The summed E-state index contributed by atoms with van der Waals surface area (Å²) >= 11 is 5.73. The molecule has 1 radical (unpaired) electrons. The highest BCUT2D eigenvalue weighted by Crippen LogP contribution is 2.23. The molecule has 75 valence electrons. The van der Waals surface area contributed by atoms with Crippen LogP contribution in [0.1, 0.15) is 0 Å². The van der Waals surface area contributed by atoms with Crippen LogP contribution in [0, 0.1) is 17.7 Å². The maximum Gasteiger partial charge on any atom is 0.126 e. The van der Waals surface area contributed by atoms with E-state index in [2.05, 4.69) is 6.07 Å². The van der Waals surface area contributed by atoms with Gasteiger partial charge in [0.25, 0.3) is 0 Å². The summed E-state index contributed by atoms with van der Waals surface area (Å²) in [5.74, 6) is -1.21. The molecule has 0 fully saturated rings. The van der Waals surface area contributed by atoms with Gasteiger partial charge in [0.2, 0.25) is 0 Å². The summed E-state index contributed by atoms with van der Waals surface area (Å²) in [7, 11) is 0. The summed E-state index contributed by atoms with van der Waals surface area (Å²) in [5, 5.41) is 0.414. The van der Waals surface area contributed by atoms with Crippen molar-refractivity contribution < 1.29 is 8.78 Å². The third-order valence-corrected chi connectivity index (χ3v) is 2.18. The lowest BCUT2D eigenvalue weighted by molar-refractivity contribution is 0.584. The lowest BCUT2D eigenvalue weighted by Crippen LogP contribution is -1.83. The summed E-state index contributed by atoms with van der Waals surface area (Å²) in [6.07, 6.45) is 0. The van der Waals surface area contributed by atoms with Crippen molar-refractivity contribution >= 4 is 11.6 Å². The van der Waals surface area contributed by atoms with E-state index in [1.54, 1.807) is 18.2 Å². The van der Waals surface area contributed by atoms with Crippen molar-refractivity contribution in [3.05, 3.63) is 59.1 Å². The molecular formula is C12H6ClF2. The van der Waals surface area contributed by atoms with Crippen molar-refractivity contribution in [1.82, 2.24) is 0 Å². The van der Waals surface area contributed by atoms with E-state index >= 15 is 0 Å². The first kappa shape index (κ1) is 10.1. The largest absolute Gasteiger partial charge is 0.207 e. The van der Waals surface area contributed by atoms with E-state index in [1.807, 2.05) is 0 Å². The summed E-state index contributed by atoms with van der Waals surface area (Å²) in [6.45, 7) is 0. The lowest BCUT2D eigenvalue weighted by atomic mass is 10.1. The van der Waals surface area contributed by atoms with Gasteiger partial charge in [0.05, 0.1) is 0 Å². The molecule has 0 unspecified atom stereocenters. The van der Waals surface area contributed by atoms with Gasteiger partial charge in [-0.1, -0.05) is 23.7 Å². The van der Waals surface area contributed by atoms with Crippen molar-refractivity contribution in [2.24, 2.45) is 0 Å². The van der Waals surface area contributed by atoms with Gasteiger partial charge in [-0.25, -0.2) is 8.78 Å². The first-order valence-electron chi connectivity index (χ1n) is 4.29. The molecule has 0 nitrogen and oxygen atoms in total. The van der Waals surface area contributed by atoms with Gasteiger partial charge in [0.1, 0.15) is 11.6 Å². The predicted molar refractivity (Wildman–Crippen MR) is 55.6 cm³/mol. The topological polar surface area (TPSA) is 0 Å². The summed E-state index contributed by atoms with van der Waals surface area (Å²) < 4.78 is 25.9. The highest BCUT2D eigenvalue weighted by Gasteiger charge is 2.03. The smallest absolute Gasteiger partial charge is 0.126 e. The molecule has 0 spiro atoms. The van der Waals surface area contributed by atoms with Crippen LogP contribution < -0.4 is 0 Å². The average molecular weight is 224 g/mol. The fourth-order valence-electron chi connectivity index (χ4n) is 1.34. The van der Waals surface area contributed by atoms with Gasteiger partial charge in [0.15, 0.2) is 0 Å². The van der Waals surface area contributed by atoms with Crippen molar-refractivity contribution in [3.63, 3.8) is 0 Å². The van der Waals surface area contributed by atoms with Crippen molar-refractivity contribution in [2.45, 2.75) is 0 Å². The van der Waals surface area contributed by atoms with Crippen molar-refractivity contribution in [1.29, 1.82) is 0 Å². The Hall–Kier alpha value is -1.41. The van der Waals surface area contributed by atoms with Crippen molar-refractivity contribution in [3.8, 4) is 11.1 Å². The van der Waals surface area contributed by atoms with Crippen LogP contribution in [-0.4, -0.2) is 0 Å². The molecule has 0 aliphatic rings. The Kier molecular flexibility index (Phi) is 2.69. The van der Waals surface area contributed by atoms with Crippen LogP contribution in [0.2, 0.25) is 5.02 Å². The molecule has 0 saturated heterocycles. The maximum atomic E-state index is 12.9. The number of halogens is 3. The molecule has 2 aromatic carbocycles. The Labute approximate surface area is 91.1 Å². The van der Waals surface area contributed by atoms with E-state index in [4.69, 9.17) is 11.6 Å². The van der Waals surface area contributed by atoms with Gasteiger partial charge in [-0.05, 0) is 29.3 Å². The van der Waals surface area contributed by atoms with Gasteiger partial charge >= 0.3 is 0 Å². The van der Waals surface area contributed by atoms with Crippen LogP contribution in [0.15, 0.2) is 36.4 Å². The minimum absolute atomic E-state index is 0.414. The molecule has 0 aromatic heterocycles. The zero-order valence-electron chi connectivity index (χ0n) is 7.60. The van der Waals surface area contributed by atoms with E-state index < -0.39 is 11.6 Å². The fraction of sp³-hybridized carbons (Fsp3) is 0. The Bertz CT molecular complexity index is 474. The van der Waals surface area contributed by atoms with Crippen LogP contribution in [0.4, 0.5) is 8.78 Å². The van der Waals surface area contributed by atoms with Crippen LogP contribution in [-0.2, 0) is 0 Å². The molecule has 0 N–H and O–H groups in total. The number of benzene rings is 2. The minimum Gasteiger partial charge on any atom is -0.207 e. The van der Waals surface area contributed by atoms with E-state index in [1.165, 1.54) is 12.1 Å². The summed E-state index contributed by atoms with van der Waals surface area (Å²) in [6, 6.07) is 11.0. The molecule has 0 heterocycles. The number of rotatable bonds is 1. The van der Waals surface area contributed by atoms with E-state index in [9.17, 15) is 8.78 Å². The predicted octanol–water partition coefficient (Wildman–Crippen LogP) is 4.09. The fourth-order valence-corrected chi connectivity index (χ4v) is 1.52. The second-order valence-electron chi connectivity index (χ2n) is 3.08. The van der Waals surface area contributed by atoms with Crippen LogP contribution in [0.25, 0.3) is 11.1 Å².